The molecule has 0 bridgehead atoms. The van der Waals surface area contributed by atoms with Crippen molar-refractivity contribution >= 4 is 10.9 Å². The molecular formula is C16H22N2O. The topological polar surface area (TPSA) is 38.1 Å². The second kappa shape index (κ2) is 4.64. The van der Waals surface area contributed by atoms with E-state index in [9.17, 15) is 5.11 Å². The van der Waals surface area contributed by atoms with E-state index in [4.69, 9.17) is 0 Å². The summed E-state index contributed by atoms with van der Waals surface area (Å²) in [6.45, 7) is 2.24. The van der Waals surface area contributed by atoms with Crippen LogP contribution in [0.1, 0.15) is 38.3 Å². The first kappa shape index (κ1) is 12.7. The van der Waals surface area contributed by atoms with E-state index in [0.717, 1.165) is 30.5 Å². The largest absolute Gasteiger partial charge is 0.389 e. The summed E-state index contributed by atoms with van der Waals surface area (Å²) in [4.78, 5) is 0. The van der Waals surface area contributed by atoms with Gasteiger partial charge in [-0.2, -0.15) is 5.10 Å². The third-order valence-electron chi connectivity index (χ3n) is 4.40. The van der Waals surface area contributed by atoms with Crippen molar-refractivity contribution in [1.29, 1.82) is 0 Å². The number of para-hydroxylation sites is 1. The van der Waals surface area contributed by atoms with E-state index in [1.54, 1.807) is 0 Å². The van der Waals surface area contributed by atoms with Crippen LogP contribution in [0.3, 0.4) is 0 Å². The molecule has 0 aliphatic heterocycles. The van der Waals surface area contributed by atoms with Crippen LogP contribution < -0.4 is 0 Å². The van der Waals surface area contributed by atoms with Crippen molar-refractivity contribution in [2.75, 3.05) is 0 Å². The van der Waals surface area contributed by atoms with Gasteiger partial charge in [0.1, 0.15) is 0 Å². The molecule has 1 heterocycles. The normalized spacial score (nSPS) is 27.8. The molecule has 1 fully saturated rings. The molecule has 102 valence electrons. The Kier molecular flexibility index (Phi) is 3.09. The maximum Gasteiger partial charge on any atom is 0.0731 e. The van der Waals surface area contributed by atoms with E-state index in [0.29, 0.717) is 12.3 Å². The number of hydrogen-bond donors (Lipinski definition) is 1. The standard InChI is InChI=1S/C16H22N2O/c1-12-6-5-9-16(19,10-12)11-14-13-7-3-4-8-15(13)18(2)17-14/h3-4,7-8,12,19H,5-6,9-11H2,1-2H3. The summed E-state index contributed by atoms with van der Waals surface area (Å²) in [6.07, 6.45) is 4.85. The Labute approximate surface area is 114 Å². The van der Waals surface area contributed by atoms with Gasteiger partial charge >= 0.3 is 0 Å². The number of aromatic nitrogens is 2. The molecule has 19 heavy (non-hydrogen) atoms. The van der Waals surface area contributed by atoms with E-state index in [1.807, 2.05) is 23.9 Å². The number of hydrogen-bond acceptors (Lipinski definition) is 2. The fourth-order valence-electron chi connectivity index (χ4n) is 3.52. The van der Waals surface area contributed by atoms with Gasteiger partial charge < -0.3 is 5.11 Å². The third kappa shape index (κ3) is 2.39. The Morgan fingerprint density at radius 1 is 1.42 bits per heavy atom. The number of nitrogens with zero attached hydrogens (tertiary/aromatic N) is 2. The molecule has 1 aromatic carbocycles. The molecule has 0 spiro atoms. The maximum atomic E-state index is 10.8. The highest BCUT2D eigenvalue weighted by Crippen LogP contribution is 2.35. The van der Waals surface area contributed by atoms with Gasteiger partial charge in [-0.3, -0.25) is 4.68 Å². The van der Waals surface area contributed by atoms with Crippen LogP contribution in [0, 0.1) is 5.92 Å². The van der Waals surface area contributed by atoms with Crippen molar-refractivity contribution in [2.45, 2.75) is 44.6 Å². The van der Waals surface area contributed by atoms with Crippen LogP contribution in [0.2, 0.25) is 0 Å². The molecule has 1 aliphatic carbocycles. The Balaban J connectivity index is 1.93. The van der Waals surface area contributed by atoms with E-state index in [2.05, 4.69) is 24.2 Å². The van der Waals surface area contributed by atoms with Crippen LogP contribution in [0.25, 0.3) is 10.9 Å². The summed E-state index contributed by atoms with van der Waals surface area (Å²) in [6, 6.07) is 8.26. The molecule has 3 heteroatoms. The van der Waals surface area contributed by atoms with Crippen molar-refractivity contribution in [3.05, 3.63) is 30.0 Å². The molecular weight excluding hydrogens is 236 g/mol. The van der Waals surface area contributed by atoms with Crippen LogP contribution in [0.4, 0.5) is 0 Å². The second-order valence-electron chi connectivity index (χ2n) is 6.19. The van der Waals surface area contributed by atoms with Gasteiger partial charge in [0.05, 0.1) is 16.8 Å². The van der Waals surface area contributed by atoms with E-state index < -0.39 is 5.60 Å². The van der Waals surface area contributed by atoms with Gasteiger partial charge in [0.2, 0.25) is 0 Å². The summed E-state index contributed by atoms with van der Waals surface area (Å²) in [5, 5.41) is 16.6. The highest BCUT2D eigenvalue weighted by Gasteiger charge is 2.34. The van der Waals surface area contributed by atoms with Crippen LogP contribution in [-0.4, -0.2) is 20.5 Å². The minimum absolute atomic E-state index is 0.561. The van der Waals surface area contributed by atoms with Gasteiger partial charge in [-0.25, -0.2) is 0 Å². The molecule has 0 amide bonds. The highest BCUT2D eigenvalue weighted by molar-refractivity contribution is 5.81. The van der Waals surface area contributed by atoms with E-state index in [-0.39, 0.29) is 0 Å². The lowest BCUT2D eigenvalue weighted by Gasteiger charge is -2.35. The lowest BCUT2D eigenvalue weighted by Crippen LogP contribution is -2.37. The molecule has 1 N–H and O–H groups in total. The molecule has 0 saturated heterocycles. The lowest BCUT2D eigenvalue weighted by molar-refractivity contribution is -0.0129. The molecule has 2 atom stereocenters. The van der Waals surface area contributed by atoms with Crippen LogP contribution in [0.15, 0.2) is 24.3 Å². The van der Waals surface area contributed by atoms with Gasteiger partial charge in [-0.15, -0.1) is 0 Å². The fourth-order valence-corrected chi connectivity index (χ4v) is 3.52. The van der Waals surface area contributed by atoms with Gasteiger partial charge in [0.25, 0.3) is 0 Å². The van der Waals surface area contributed by atoms with Crippen molar-refractivity contribution in [1.82, 2.24) is 9.78 Å². The lowest BCUT2D eigenvalue weighted by atomic mass is 9.76. The summed E-state index contributed by atoms with van der Waals surface area (Å²) >= 11 is 0. The van der Waals surface area contributed by atoms with Crippen molar-refractivity contribution < 1.29 is 5.11 Å². The maximum absolute atomic E-state index is 10.8. The number of benzene rings is 1. The quantitative estimate of drug-likeness (QED) is 0.899. The average molecular weight is 258 g/mol. The van der Waals surface area contributed by atoms with E-state index >= 15 is 0 Å². The van der Waals surface area contributed by atoms with Gasteiger partial charge in [0, 0.05) is 18.9 Å². The van der Waals surface area contributed by atoms with Crippen molar-refractivity contribution in [3.8, 4) is 0 Å². The Morgan fingerprint density at radius 3 is 3.00 bits per heavy atom. The molecule has 2 aromatic rings. The van der Waals surface area contributed by atoms with Gasteiger partial charge in [0.15, 0.2) is 0 Å². The molecule has 1 aliphatic rings. The minimum atomic E-state index is -0.561. The zero-order valence-electron chi connectivity index (χ0n) is 11.8. The smallest absolute Gasteiger partial charge is 0.0731 e. The number of fused-ring (bicyclic) bond motifs is 1. The number of aryl methyl sites for hydroxylation is 1. The van der Waals surface area contributed by atoms with Crippen LogP contribution in [-0.2, 0) is 13.5 Å². The van der Waals surface area contributed by atoms with Crippen molar-refractivity contribution in [3.63, 3.8) is 0 Å². The predicted molar refractivity (Wildman–Crippen MR) is 77.0 cm³/mol. The molecule has 1 saturated carbocycles. The highest BCUT2D eigenvalue weighted by atomic mass is 16.3. The molecule has 1 aromatic heterocycles. The summed E-state index contributed by atoms with van der Waals surface area (Å²) in [5.41, 5.74) is 1.62. The number of rotatable bonds is 2. The predicted octanol–water partition coefficient (Wildman–Crippen LogP) is 3.06. The zero-order valence-corrected chi connectivity index (χ0v) is 11.8. The first-order valence-corrected chi connectivity index (χ1v) is 7.20. The first-order valence-electron chi connectivity index (χ1n) is 7.20. The van der Waals surface area contributed by atoms with Crippen LogP contribution >= 0.6 is 0 Å². The molecule has 2 unspecified atom stereocenters. The summed E-state index contributed by atoms with van der Waals surface area (Å²) in [5.74, 6) is 0.619. The third-order valence-corrected chi connectivity index (χ3v) is 4.40. The minimum Gasteiger partial charge on any atom is -0.389 e. The van der Waals surface area contributed by atoms with Gasteiger partial charge in [-0.1, -0.05) is 38.0 Å². The fraction of sp³-hybridized carbons (Fsp3) is 0.562. The molecule has 3 rings (SSSR count). The van der Waals surface area contributed by atoms with Crippen LogP contribution in [0.5, 0.6) is 0 Å². The Bertz CT molecular complexity index is 589. The number of aliphatic hydroxyl groups is 1. The Hall–Kier alpha value is -1.35. The summed E-state index contributed by atoms with van der Waals surface area (Å²) < 4.78 is 1.92. The summed E-state index contributed by atoms with van der Waals surface area (Å²) in [7, 11) is 1.97. The zero-order chi connectivity index (χ0) is 13.5. The van der Waals surface area contributed by atoms with E-state index in [1.165, 1.54) is 11.8 Å². The van der Waals surface area contributed by atoms with Gasteiger partial charge in [-0.05, 0) is 24.8 Å². The van der Waals surface area contributed by atoms with Crippen molar-refractivity contribution in [2.24, 2.45) is 13.0 Å². The monoisotopic (exact) mass is 258 g/mol. The Morgan fingerprint density at radius 2 is 2.21 bits per heavy atom. The second-order valence-corrected chi connectivity index (χ2v) is 6.19. The molecule has 3 nitrogen and oxygen atoms in total. The average Bonchev–Trinajstić information content (AvgIpc) is 2.66. The first-order chi connectivity index (χ1) is 9.07. The molecule has 0 radical (unpaired) electrons. The SMILES string of the molecule is CC1CCCC(O)(Cc2nn(C)c3ccccc23)C1.